The van der Waals surface area contributed by atoms with Crippen molar-refractivity contribution in [3.8, 4) is 22.8 Å². The lowest BCUT2D eigenvalue weighted by molar-refractivity contribution is -0.117. The molecule has 1 heterocycles. The number of benzene rings is 2. The first-order valence-corrected chi connectivity index (χ1v) is 8.91. The van der Waals surface area contributed by atoms with E-state index in [4.69, 9.17) is 15.2 Å². The zero-order valence-corrected chi connectivity index (χ0v) is 16.4. The van der Waals surface area contributed by atoms with Crippen LogP contribution in [0.15, 0.2) is 59.4 Å². The van der Waals surface area contributed by atoms with Gasteiger partial charge in [0.2, 0.25) is 11.8 Å². The molecule has 0 spiro atoms. The van der Waals surface area contributed by atoms with Crippen LogP contribution in [0.5, 0.6) is 11.5 Å². The maximum absolute atomic E-state index is 12.3. The summed E-state index contributed by atoms with van der Waals surface area (Å²) in [6, 6.07) is 14.3. The number of rotatable bonds is 7. The van der Waals surface area contributed by atoms with Crippen molar-refractivity contribution in [2.24, 2.45) is 5.73 Å². The van der Waals surface area contributed by atoms with Crippen LogP contribution in [0.1, 0.15) is 10.4 Å². The summed E-state index contributed by atoms with van der Waals surface area (Å²) in [5.74, 6) is 0.0829. The van der Waals surface area contributed by atoms with E-state index in [0.717, 1.165) is 4.68 Å². The van der Waals surface area contributed by atoms with Gasteiger partial charge in [-0.1, -0.05) is 0 Å². The van der Waals surface area contributed by atoms with Crippen LogP contribution in [-0.2, 0) is 11.3 Å². The fraction of sp³-hybridized carbons (Fsp3) is 0.143. The molecular formula is C21H20N4O5. The van der Waals surface area contributed by atoms with E-state index in [1.165, 1.54) is 32.4 Å². The van der Waals surface area contributed by atoms with Crippen LogP contribution < -0.4 is 26.1 Å². The molecule has 0 aliphatic carbocycles. The summed E-state index contributed by atoms with van der Waals surface area (Å²) in [6.07, 6.45) is 0. The number of carbonyl (C=O) groups excluding carboxylic acids is 2. The SMILES string of the molecule is COc1ccc(-c2ccc(=O)n(CC(=O)Nc3ccc(C(N)=O)cc3)n2)cc1OC. The molecule has 0 fully saturated rings. The summed E-state index contributed by atoms with van der Waals surface area (Å²) in [7, 11) is 3.06. The van der Waals surface area contributed by atoms with E-state index in [1.807, 2.05) is 0 Å². The highest BCUT2D eigenvalue weighted by atomic mass is 16.5. The van der Waals surface area contributed by atoms with Crippen LogP contribution in [0, 0.1) is 0 Å². The van der Waals surface area contributed by atoms with Crippen molar-refractivity contribution in [2.45, 2.75) is 6.54 Å². The first kappa shape index (κ1) is 20.6. The Labute approximate surface area is 172 Å². The van der Waals surface area contributed by atoms with Crippen LogP contribution in [0.2, 0.25) is 0 Å². The maximum atomic E-state index is 12.3. The number of nitrogens with two attached hydrogens (primary N) is 1. The molecule has 0 saturated carbocycles. The predicted octanol–water partition coefficient (Wildman–Crippen LogP) is 1.67. The van der Waals surface area contributed by atoms with Gasteiger partial charge in [-0.25, -0.2) is 4.68 Å². The molecule has 30 heavy (non-hydrogen) atoms. The van der Waals surface area contributed by atoms with Gasteiger partial charge >= 0.3 is 0 Å². The molecule has 2 amide bonds. The number of anilines is 1. The molecule has 0 unspecified atom stereocenters. The summed E-state index contributed by atoms with van der Waals surface area (Å²) in [5.41, 5.74) is 6.76. The molecule has 0 aliphatic heterocycles. The molecule has 3 rings (SSSR count). The first-order chi connectivity index (χ1) is 14.4. The fourth-order valence-electron chi connectivity index (χ4n) is 2.77. The minimum atomic E-state index is -0.560. The standard InChI is InChI=1S/C21H20N4O5/c1-29-17-9-5-14(11-18(17)30-2)16-8-10-20(27)25(24-16)12-19(26)23-15-6-3-13(4-7-15)21(22)28/h3-11H,12H2,1-2H3,(H2,22,28)(H,23,26). The monoisotopic (exact) mass is 408 g/mol. The zero-order valence-electron chi connectivity index (χ0n) is 16.4. The van der Waals surface area contributed by atoms with Gasteiger partial charge in [0.1, 0.15) is 6.54 Å². The smallest absolute Gasteiger partial charge is 0.267 e. The molecule has 2 aromatic carbocycles. The Morgan fingerprint density at radius 3 is 2.33 bits per heavy atom. The molecule has 0 bridgehead atoms. The minimum Gasteiger partial charge on any atom is -0.493 e. The number of carbonyl (C=O) groups is 2. The Balaban J connectivity index is 1.79. The number of amides is 2. The molecule has 154 valence electrons. The van der Waals surface area contributed by atoms with Crippen molar-refractivity contribution < 1.29 is 19.1 Å². The van der Waals surface area contributed by atoms with Crippen molar-refractivity contribution in [2.75, 3.05) is 19.5 Å². The van der Waals surface area contributed by atoms with Crippen LogP contribution in [0.25, 0.3) is 11.3 Å². The summed E-state index contributed by atoms with van der Waals surface area (Å²) < 4.78 is 11.6. The lowest BCUT2D eigenvalue weighted by atomic mass is 10.1. The highest BCUT2D eigenvalue weighted by molar-refractivity contribution is 5.94. The van der Waals surface area contributed by atoms with E-state index < -0.39 is 17.4 Å². The van der Waals surface area contributed by atoms with Gasteiger partial charge in [0.15, 0.2) is 11.5 Å². The van der Waals surface area contributed by atoms with Gasteiger partial charge in [0.05, 0.1) is 19.9 Å². The second-order valence-corrected chi connectivity index (χ2v) is 6.27. The van der Waals surface area contributed by atoms with Gasteiger partial charge in [-0.15, -0.1) is 0 Å². The number of hydrogen-bond donors (Lipinski definition) is 2. The molecule has 0 saturated heterocycles. The van der Waals surface area contributed by atoms with Crippen molar-refractivity contribution >= 4 is 17.5 Å². The quantitative estimate of drug-likeness (QED) is 0.612. The molecule has 0 radical (unpaired) electrons. The summed E-state index contributed by atoms with van der Waals surface area (Å²) in [6.45, 7) is -0.280. The molecule has 0 aliphatic rings. The Morgan fingerprint density at radius 1 is 1.00 bits per heavy atom. The first-order valence-electron chi connectivity index (χ1n) is 8.91. The molecule has 1 aromatic heterocycles. The molecular weight excluding hydrogens is 388 g/mol. The summed E-state index contributed by atoms with van der Waals surface area (Å²) in [5, 5.41) is 6.93. The molecule has 9 nitrogen and oxygen atoms in total. The summed E-state index contributed by atoms with van der Waals surface area (Å²) >= 11 is 0. The number of nitrogens with zero attached hydrogens (tertiary/aromatic N) is 2. The van der Waals surface area contributed by atoms with Crippen molar-refractivity contribution in [3.05, 3.63) is 70.5 Å². The van der Waals surface area contributed by atoms with Gasteiger partial charge in [-0.3, -0.25) is 14.4 Å². The average molecular weight is 408 g/mol. The van der Waals surface area contributed by atoms with Gasteiger partial charge < -0.3 is 20.5 Å². The molecule has 3 N–H and O–H groups in total. The third kappa shape index (κ3) is 4.64. The maximum Gasteiger partial charge on any atom is 0.267 e. The normalized spacial score (nSPS) is 10.3. The van der Waals surface area contributed by atoms with Crippen molar-refractivity contribution in [3.63, 3.8) is 0 Å². The van der Waals surface area contributed by atoms with Crippen LogP contribution in [0.4, 0.5) is 5.69 Å². The lowest BCUT2D eigenvalue weighted by Gasteiger charge is -2.11. The number of methoxy groups -OCH3 is 2. The Kier molecular flexibility index (Phi) is 6.11. The van der Waals surface area contributed by atoms with Crippen LogP contribution in [-0.4, -0.2) is 35.8 Å². The second kappa shape index (κ2) is 8.91. The van der Waals surface area contributed by atoms with E-state index in [9.17, 15) is 14.4 Å². The van der Waals surface area contributed by atoms with Crippen LogP contribution in [0.3, 0.4) is 0 Å². The number of ether oxygens (including phenoxy) is 2. The average Bonchev–Trinajstić information content (AvgIpc) is 2.75. The third-order valence-electron chi connectivity index (χ3n) is 4.29. The largest absolute Gasteiger partial charge is 0.493 e. The Hall–Kier alpha value is -4.14. The number of nitrogens with one attached hydrogen (secondary N) is 1. The molecule has 0 atom stereocenters. The van der Waals surface area contributed by atoms with Crippen LogP contribution >= 0.6 is 0 Å². The van der Waals surface area contributed by atoms with Crippen molar-refractivity contribution in [1.82, 2.24) is 9.78 Å². The van der Waals surface area contributed by atoms with E-state index in [0.29, 0.717) is 34.0 Å². The van der Waals surface area contributed by atoms with Gasteiger partial charge in [-0.05, 0) is 48.5 Å². The van der Waals surface area contributed by atoms with E-state index in [1.54, 1.807) is 36.4 Å². The van der Waals surface area contributed by atoms with Crippen molar-refractivity contribution in [1.29, 1.82) is 0 Å². The summed E-state index contributed by atoms with van der Waals surface area (Å²) in [4.78, 5) is 35.6. The third-order valence-corrected chi connectivity index (χ3v) is 4.29. The van der Waals surface area contributed by atoms with E-state index >= 15 is 0 Å². The van der Waals surface area contributed by atoms with Gasteiger partial charge in [-0.2, -0.15) is 5.10 Å². The highest BCUT2D eigenvalue weighted by Gasteiger charge is 2.11. The van der Waals surface area contributed by atoms with Gasteiger partial charge in [0.25, 0.3) is 5.56 Å². The highest BCUT2D eigenvalue weighted by Crippen LogP contribution is 2.31. The fourth-order valence-corrected chi connectivity index (χ4v) is 2.77. The topological polar surface area (TPSA) is 126 Å². The van der Waals surface area contributed by atoms with Gasteiger partial charge in [0, 0.05) is 22.9 Å². The molecule has 3 aromatic rings. The lowest BCUT2D eigenvalue weighted by Crippen LogP contribution is -2.29. The van der Waals surface area contributed by atoms with E-state index in [-0.39, 0.29) is 6.54 Å². The number of hydrogen-bond acceptors (Lipinski definition) is 6. The number of primary amides is 1. The predicted molar refractivity (Wildman–Crippen MR) is 111 cm³/mol. The Morgan fingerprint density at radius 2 is 1.70 bits per heavy atom. The molecule has 9 heteroatoms. The second-order valence-electron chi connectivity index (χ2n) is 6.27. The minimum absolute atomic E-state index is 0.280. The zero-order chi connectivity index (χ0) is 21.7. The Bertz CT molecular complexity index is 1140. The number of aromatic nitrogens is 2. The van der Waals surface area contributed by atoms with E-state index in [2.05, 4.69) is 10.4 Å².